The maximum atomic E-state index is 9.12. The number of hydrogen-bond acceptors (Lipinski definition) is 7. The monoisotopic (exact) mass is 276 g/mol. The van der Waals surface area contributed by atoms with Crippen LogP contribution in [-0.4, -0.2) is 46.8 Å². The summed E-state index contributed by atoms with van der Waals surface area (Å²) in [7, 11) is 3.89. The van der Waals surface area contributed by atoms with Crippen molar-refractivity contribution < 1.29 is 5.11 Å². The van der Waals surface area contributed by atoms with E-state index < -0.39 is 5.54 Å². The molecule has 17 heavy (non-hydrogen) atoms. The fraction of sp³-hybridized carbons (Fsp3) is 0.800. The molecule has 98 valence electrons. The first-order valence-corrected chi connectivity index (χ1v) is 7.11. The van der Waals surface area contributed by atoms with E-state index in [1.165, 1.54) is 0 Å². The summed E-state index contributed by atoms with van der Waals surface area (Å²) in [6.07, 6.45) is 0.741. The van der Waals surface area contributed by atoms with Crippen LogP contribution < -0.4 is 10.6 Å². The Bertz CT molecular complexity index is 354. The summed E-state index contributed by atoms with van der Waals surface area (Å²) in [5.41, 5.74) is 5.39. The summed E-state index contributed by atoms with van der Waals surface area (Å²) in [6, 6.07) is 0. The summed E-state index contributed by atoms with van der Waals surface area (Å²) in [6.45, 7) is 3.94. The third-order valence-electron chi connectivity index (χ3n) is 2.20. The average molecular weight is 276 g/mol. The number of nitrogens with two attached hydrogens (primary N) is 1. The molecule has 5 nitrogen and oxygen atoms in total. The van der Waals surface area contributed by atoms with Gasteiger partial charge in [-0.1, -0.05) is 30.0 Å². The van der Waals surface area contributed by atoms with Crippen molar-refractivity contribution >= 4 is 28.2 Å². The fourth-order valence-electron chi connectivity index (χ4n) is 1.37. The van der Waals surface area contributed by atoms with Crippen molar-refractivity contribution in [3.8, 4) is 0 Å². The first-order valence-electron chi connectivity index (χ1n) is 5.41. The Morgan fingerprint density at radius 3 is 2.65 bits per heavy atom. The lowest BCUT2D eigenvalue weighted by atomic mass is 9.99. The van der Waals surface area contributed by atoms with Gasteiger partial charge in [-0.3, -0.25) is 0 Å². The Hall–Kier alpha value is -0.370. The van der Waals surface area contributed by atoms with E-state index in [4.69, 9.17) is 10.8 Å². The van der Waals surface area contributed by atoms with E-state index in [9.17, 15) is 0 Å². The molecule has 1 aromatic heterocycles. The van der Waals surface area contributed by atoms with E-state index in [2.05, 4.69) is 17.1 Å². The quantitative estimate of drug-likeness (QED) is 0.760. The van der Waals surface area contributed by atoms with E-state index >= 15 is 0 Å². The molecule has 0 saturated heterocycles. The molecule has 7 heteroatoms. The minimum atomic E-state index is -0.526. The molecule has 0 radical (unpaired) electrons. The zero-order valence-electron chi connectivity index (χ0n) is 10.7. The van der Waals surface area contributed by atoms with Crippen LogP contribution in [-0.2, 0) is 0 Å². The first-order chi connectivity index (χ1) is 7.84. The Morgan fingerprint density at radius 1 is 1.53 bits per heavy atom. The van der Waals surface area contributed by atoms with E-state index in [0.29, 0.717) is 5.25 Å². The van der Waals surface area contributed by atoms with Gasteiger partial charge in [-0.05, 0) is 13.3 Å². The molecule has 0 aliphatic rings. The van der Waals surface area contributed by atoms with Gasteiger partial charge in [0.15, 0.2) is 4.34 Å². The highest BCUT2D eigenvalue weighted by molar-refractivity contribution is 8.01. The molecule has 0 spiro atoms. The van der Waals surface area contributed by atoms with Crippen molar-refractivity contribution in [3.63, 3.8) is 0 Å². The second kappa shape index (κ2) is 5.99. The largest absolute Gasteiger partial charge is 0.394 e. The van der Waals surface area contributed by atoms with Crippen LogP contribution in [0.2, 0.25) is 0 Å². The smallest absolute Gasteiger partial charge is 0.208 e. The Labute approximate surface area is 110 Å². The number of aliphatic hydroxyl groups excluding tert-OH is 1. The minimum Gasteiger partial charge on any atom is -0.394 e. The third-order valence-corrected chi connectivity index (χ3v) is 4.47. The van der Waals surface area contributed by atoms with Crippen LogP contribution >= 0.6 is 23.1 Å². The van der Waals surface area contributed by atoms with E-state index in [1.807, 2.05) is 25.9 Å². The van der Waals surface area contributed by atoms with Crippen molar-refractivity contribution in [1.82, 2.24) is 10.2 Å². The third kappa shape index (κ3) is 4.79. The topological polar surface area (TPSA) is 75.3 Å². The van der Waals surface area contributed by atoms with Crippen LogP contribution in [0.5, 0.6) is 0 Å². The fourth-order valence-corrected chi connectivity index (χ4v) is 3.67. The van der Waals surface area contributed by atoms with Crippen LogP contribution in [0.3, 0.4) is 0 Å². The summed E-state index contributed by atoms with van der Waals surface area (Å²) < 4.78 is 0.940. The Balaban J connectivity index is 2.53. The zero-order valence-corrected chi connectivity index (χ0v) is 12.3. The van der Waals surface area contributed by atoms with Gasteiger partial charge in [0.25, 0.3) is 0 Å². The molecule has 0 saturated carbocycles. The molecule has 0 amide bonds. The van der Waals surface area contributed by atoms with Gasteiger partial charge >= 0.3 is 0 Å². The lowest BCUT2D eigenvalue weighted by Crippen LogP contribution is -2.42. The first kappa shape index (κ1) is 14.7. The van der Waals surface area contributed by atoms with Gasteiger partial charge < -0.3 is 15.7 Å². The summed E-state index contributed by atoms with van der Waals surface area (Å²) in [4.78, 5) is 1.94. The number of aromatic nitrogens is 2. The molecule has 0 bridgehead atoms. The normalized spacial score (nSPS) is 16.6. The van der Waals surface area contributed by atoms with Gasteiger partial charge in [-0.25, -0.2) is 0 Å². The van der Waals surface area contributed by atoms with E-state index in [1.54, 1.807) is 23.1 Å². The van der Waals surface area contributed by atoms with Crippen LogP contribution in [0.4, 0.5) is 5.13 Å². The number of anilines is 1. The summed E-state index contributed by atoms with van der Waals surface area (Å²) in [5.74, 6) is 0. The molecule has 2 atom stereocenters. The van der Waals surface area contributed by atoms with Crippen molar-refractivity contribution in [2.45, 2.75) is 35.4 Å². The molecule has 1 aromatic rings. The van der Waals surface area contributed by atoms with Gasteiger partial charge in [-0.15, -0.1) is 10.2 Å². The number of aliphatic hydroxyl groups is 1. The van der Waals surface area contributed by atoms with E-state index in [0.717, 1.165) is 15.9 Å². The molecule has 1 rings (SSSR count). The molecule has 0 fully saturated rings. The van der Waals surface area contributed by atoms with Gasteiger partial charge in [0.2, 0.25) is 5.13 Å². The molecular weight excluding hydrogens is 256 g/mol. The van der Waals surface area contributed by atoms with Gasteiger partial charge in [0.1, 0.15) is 0 Å². The second-order valence-corrected chi connectivity index (χ2v) is 7.33. The SMILES string of the molecule is CC(CC(C)(N)CO)Sc1nnc(N(C)C)s1. The Morgan fingerprint density at radius 2 is 2.18 bits per heavy atom. The molecule has 3 N–H and O–H groups in total. The zero-order chi connectivity index (χ0) is 13.1. The number of rotatable bonds is 6. The highest BCUT2D eigenvalue weighted by Crippen LogP contribution is 2.32. The average Bonchev–Trinajstić information content (AvgIpc) is 2.65. The molecule has 0 aliphatic carbocycles. The van der Waals surface area contributed by atoms with Crippen LogP contribution in [0, 0.1) is 0 Å². The maximum Gasteiger partial charge on any atom is 0.208 e. The molecule has 0 aromatic carbocycles. The molecular formula is C10H20N4OS2. The van der Waals surface area contributed by atoms with E-state index in [-0.39, 0.29) is 6.61 Å². The molecule has 0 aliphatic heterocycles. The maximum absolute atomic E-state index is 9.12. The van der Waals surface area contributed by atoms with Crippen LogP contribution in [0.25, 0.3) is 0 Å². The lowest BCUT2D eigenvalue weighted by Gasteiger charge is -2.24. The lowest BCUT2D eigenvalue weighted by molar-refractivity contribution is 0.201. The van der Waals surface area contributed by atoms with Crippen molar-refractivity contribution in [2.24, 2.45) is 5.73 Å². The molecule has 2 unspecified atom stereocenters. The number of thioether (sulfide) groups is 1. The van der Waals surface area contributed by atoms with Crippen LogP contribution in [0.1, 0.15) is 20.3 Å². The van der Waals surface area contributed by atoms with Gasteiger partial charge in [0.05, 0.1) is 6.61 Å². The van der Waals surface area contributed by atoms with Crippen LogP contribution in [0.15, 0.2) is 4.34 Å². The highest BCUT2D eigenvalue weighted by atomic mass is 32.2. The minimum absolute atomic E-state index is 0.00301. The number of nitrogens with zero attached hydrogens (tertiary/aromatic N) is 3. The standard InChI is InChI=1S/C10H20N4OS2/c1-7(5-10(2,11)6-15)16-9-13-12-8(17-9)14(3)4/h7,15H,5-6,11H2,1-4H3. The predicted molar refractivity (Wildman–Crippen MR) is 73.9 cm³/mol. The van der Waals surface area contributed by atoms with Crippen molar-refractivity contribution in [2.75, 3.05) is 25.6 Å². The summed E-state index contributed by atoms with van der Waals surface area (Å²) in [5, 5.41) is 18.5. The predicted octanol–water partition coefficient (Wildman–Crippen LogP) is 1.18. The van der Waals surface area contributed by atoms with Gasteiger partial charge in [-0.2, -0.15) is 0 Å². The summed E-state index contributed by atoms with van der Waals surface area (Å²) >= 11 is 3.22. The molecule has 1 heterocycles. The van der Waals surface area contributed by atoms with Crippen molar-refractivity contribution in [3.05, 3.63) is 0 Å². The Kier molecular flexibility index (Phi) is 5.18. The second-order valence-electron chi connectivity index (χ2n) is 4.69. The highest BCUT2D eigenvalue weighted by Gasteiger charge is 2.22. The van der Waals surface area contributed by atoms with Gasteiger partial charge in [0, 0.05) is 24.9 Å². The number of hydrogen-bond donors (Lipinski definition) is 2. The van der Waals surface area contributed by atoms with Crippen molar-refractivity contribution in [1.29, 1.82) is 0 Å².